The first-order valence-electron chi connectivity index (χ1n) is 6.29. The van der Waals surface area contributed by atoms with Crippen molar-refractivity contribution in [2.75, 3.05) is 13.5 Å². The van der Waals surface area contributed by atoms with E-state index in [0.717, 1.165) is 0 Å². The van der Waals surface area contributed by atoms with Crippen LogP contribution in [0.3, 0.4) is 0 Å². The van der Waals surface area contributed by atoms with Gasteiger partial charge in [-0.3, -0.25) is 39.6 Å². The molecule has 3 rings (SSSR count). The smallest absolute Gasteiger partial charge is 0.320 e. The van der Waals surface area contributed by atoms with Crippen LogP contribution in [0.25, 0.3) is 0 Å². The molecule has 0 unspecified atom stereocenters. The van der Waals surface area contributed by atoms with Gasteiger partial charge in [0.05, 0.1) is 6.67 Å². The quantitative estimate of drug-likeness (QED) is 0.262. The molecule has 0 radical (unpaired) electrons. The molecule has 126 valence electrons. The third-order valence-corrected chi connectivity index (χ3v) is 2.28. The zero-order chi connectivity index (χ0) is 17.2. The molecular weight excluding hydrogens is 316 g/mol. The number of rotatable bonds is 0. The van der Waals surface area contributed by atoms with E-state index in [1.165, 1.54) is 0 Å². The average Bonchev–Trinajstić information content (AvgIpc) is 2.83. The lowest BCUT2D eigenvalue weighted by molar-refractivity contribution is -0.181. The highest BCUT2D eigenvalue weighted by Crippen LogP contribution is 1.97. The summed E-state index contributed by atoms with van der Waals surface area (Å²) in [5.74, 6) is -1.94. The van der Waals surface area contributed by atoms with Gasteiger partial charge in [0.25, 0.3) is 0 Å². The molecule has 3 aliphatic heterocycles. The van der Waals surface area contributed by atoms with Gasteiger partial charge in [-0.2, -0.15) is 0 Å². The highest BCUT2D eigenvalue weighted by atomic mass is 16.7. The summed E-state index contributed by atoms with van der Waals surface area (Å²) in [6.45, 7) is 0.0509. The Morgan fingerprint density at radius 1 is 0.609 bits per heavy atom. The van der Waals surface area contributed by atoms with E-state index in [9.17, 15) is 28.8 Å². The number of ether oxygens (including phenoxy) is 2. The van der Waals surface area contributed by atoms with Crippen molar-refractivity contribution < 1.29 is 38.2 Å². The predicted molar refractivity (Wildman–Crippen MR) is 68.3 cm³/mol. The van der Waals surface area contributed by atoms with E-state index in [4.69, 9.17) is 0 Å². The van der Waals surface area contributed by atoms with E-state index < -0.39 is 11.9 Å². The van der Waals surface area contributed by atoms with Crippen LogP contribution >= 0.6 is 0 Å². The Labute approximate surface area is 129 Å². The summed E-state index contributed by atoms with van der Waals surface area (Å²) in [4.78, 5) is 61.0. The van der Waals surface area contributed by atoms with Crippen molar-refractivity contribution in [1.29, 1.82) is 0 Å². The lowest BCUT2D eigenvalue weighted by Crippen LogP contribution is -2.45. The fourth-order valence-corrected chi connectivity index (χ4v) is 1.27. The molecule has 0 atom stereocenters. The normalized spacial score (nSPS) is 19.3. The van der Waals surface area contributed by atoms with Gasteiger partial charge < -0.3 is 20.1 Å². The van der Waals surface area contributed by atoms with Crippen molar-refractivity contribution in [1.82, 2.24) is 21.5 Å². The molecule has 4 N–H and O–H groups in total. The van der Waals surface area contributed by atoms with E-state index in [-0.39, 0.29) is 56.4 Å². The van der Waals surface area contributed by atoms with Crippen molar-refractivity contribution in [3.63, 3.8) is 0 Å². The summed E-state index contributed by atoms with van der Waals surface area (Å²) in [7, 11) is 0. The van der Waals surface area contributed by atoms with Gasteiger partial charge in [0.2, 0.25) is 30.4 Å². The molecule has 12 nitrogen and oxygen atoms in total. The first-order valence-corrected chi connectivity index (χ1v) is 6.29. The van der Waals surface area contributed by atoms with Gasteiger partial charge in [-0.1, -0.05) is 0 Å². The molecule has 3 saturated heterocycles. The van der Waals surface area contributed by atoms with E-state index in [0.29, 0.717) is 0 Å². The number of esters is 2. The maximum absolute atomic E-state index is 10.3. The second-order valence-electron chi connectivity index (χ2n) is 4.15. The largest absolute Gasteiger partial charge is 0.427 e. The van der Waals surface area contributed by atoms with Crippen molar-refractivity contribution in [2.45, 2.75) is 19.3 Å². The van der Waals surface area contributed by atoms with Crippen LogP contribution in [-0.4, -0.2) is 49.0 Å². The number of carbonyl (C=O) groups excluding carboxylic acids is 6. The maximum Gasteiger partial charge on any atom is 0.320 e. The van der Waals surface area contributed by atoms with E-state index >= 15 is 0 Å². The lowest BCUT2D eigenvalue weighted by Gasteiger charge is -2.11. The lowest BCUT2D eigenvalue weighted by atomic mass is 10.3. The van der Waals surface area contributed by atoms with Crippen LogP contribution in [0.15, 0.2) is 0 Å². The number of amides is 4. The molecule has 3 aliphatic rings. The fourth-order valence-electron chi connectivity index (χ4n) is 1.27. The van der Waals surface area contributed by atoms with Crippen LogP contribution in [0.2, 0.25) is 0 Å². The van der Waals surface area contributed by atoms with Gasteiger partial charge >= 0.3 is 11.9 Å². The Hall–Kier alpha value is -3.18. The van der Waals surface area contributed by atoms with Crippen LogP contribution in [0.1, 0.15) is 19.3 Å². The van der Waals surface area contributed by atoms with Gasteiger partial charge in [-0.05, 0) is 0 Å². The summed E-state index contributed by atoms with van der Waals surface area (Å²) in [6, 6.07) is 0. The Bertz CT molecular complexity index is 458. The minimum Gasteiger partial charge on any atom is -0.427 e. The first kappa shape index (κ1) is 17.9. The predicted octanol–water partition coefficient (Wildman–Crippen LogP) is -3.45. The number of cyclic esters (lactones) is 2. The van der Waals surface area contributed by atoms with Crippen LogP contribution in [0, 0.1) is 0 Å². The molecule has 0 spiro atoms. The highest BCUT2D eigenvalue weighted by Gasteiger charge is 2.17. The number of hydrogen-bond acceptors (Lipinski definition) is 8. The molecular formula is C11H14N4O8. The number of hydrogen-bond donors (Lipinski definition) is 4. The summed E-state index contributed by atoms with van der Waals surface area (Å²) < 4.78 is 8.53. The molecule has 0 saturated carbocycles. The van der Waals surface area contributed by atoms with Crippen LogP contribution in [-0.2, 0) is 38.2 Å². The molecule has 3 heterocycles. The summed E-state index contributed by atoms with van der Waals surface area (Å²) in [5, 5.41) is 4.88. The Balaban J connectivity index is 0.000000173. The van der Waals surface area contributed by atoms with Gasteiger partial charge in [0.1, 0.15) is 19.3 Å². The molecule has 0 aliphatic carbocycles. The van der Waals surface area contributed by atoms with E-state index in [1.54, 1.807) is 0 Å². The fraction of sp³-hybridized carbons (Fsp3) is 0.455. The zero-order valence-corrected chi connectivity index (χ0v) is 11.8. The number of nitrogens with one attached hydrogen (secondary N) is 4. The molecule has 23 heavy (non-hydrogen) atoms. The van der Waals surface area contributed by atoms with Crippen molar-refractivity contribution in [2.24, 2.45) is 0 Å². The summed E-state index contributed by atoms with van der Waals surface area (Å²) >= 11 is 0. The third-order valence-electron chi connectivity index (χ3n) is 2.28. The van der Waals surface area contributed by atoms with Gasteiger partial charge in [0, 0.05) is 0 Å². The summed E-state index contributed by atoms with van der Waals surface area (Å²) in [5.41, 5.74) is 4.26. The maximum atomic E-state index is 10.3. The molecule has 4 amide bonds. The minimum absolute atomic E-state index is 0.0278. The van der Waals surface area contributed by atoms with Crippen molar-refractivity contribution in [3.8, 4) is 0 Å². The SMILES string of the molecule is O=C1CC(=O)NCN1.O=C1CC(=O)NN1.O=C1CC(=O)OCO1. The standard InChI is InChI=1S/C4H6N2O2.C4H4O4.C3H4N2O2/c7-3-1-4(8)6-2-5-3;5-3-1-4(6)8-2-7-3;6-2-1-3(7)5-4-2/h1-2H2,(H,5,7)(H,6,8);1-2H2;1H2,(H,4,6)(H,5,7). The molecule has 0 aromatic heterocycles. The number of hydrazine groups is 1. The minimum atomic E-state index is -0.513. The molecule has 0 bridgehead atoms. The Morgan fingerprint density at radius 2 is 1.04 bits per heavy atom. The second-order valence-corrected chi connectivity index (χ2v) is 4.15. The molecule has 0 aromatic carbocycles. The van der Waals surface area contributed by atoms with Gasteiger partial charge in [-0.15, -0.1) is 0 Å². The summed E-state index contributed by atoms with van der Waals surface area (Å²) in [6.07, 6.45) is -0.306. The molecule has 3 fully saturated rings. The topological polar surface area (TPSA) is 169 Å². The monoisotopic (exact) mass is 330 g/mol. The first-order chi connectivity index (χ1) is 10.9. The Morgan fingerprint density at radius 3 is 1.26 bits per heavy atom. The molecule has 0 aromatic rings. The third kappa shape index (κ3) is 7.99. The van der Waals surface area contributed by atoms with Crippen LogP contribution in [0.5, 0.6) is 0 Å². The van der Waals surface area contributed by atoms with Crippen LogP contribution < -0.4 is 21.5 Å². The van der Waals surface area contributed by atoms with Crippen molar-refractivity contribution >= 4 is 35.6 Å². The number of carbonyl (C=O) groups is 6. The second kappa shape index (κ2) is 8.96. The highest BCUT2D eigenvalue weighted by molar-refractivity contribution is 6.02. The van der Waals surface area contributed by atoms with Gasteiger partial charge in [-0.25, -0.2) is 0 Å². The van der Waals surface area contributed by atoms with E-state index in [1.807, 2.05) is 0 Å². The van der Waals surface area contributed by atoms with Crippen LogP contribution in [0.4, 0.5) is 0 Å². The van der Waals surface area contributed by atoms with E-state index in [2.05, 4.69) is 31.0 Å². The zero-order valence-electron chi connectivity index (χ0n) is 11.8. The Kier molecular flexibility index (Phi) is 6.97. The van der Waals surface area contributed by atoms with Crippen molar-refractivity contribution in [3.05, 3.63) is 0 Å². The van der Waals surface area contributed by atoms with Gasteiger partial charge in [0.15, 0.2) is 0 Å². The average molecular weight is 330 g/mol. The molecule has 12 heteroatoms.